The number of aryl methyl sites for hydroxylation is 2. The van der Waals surface area contributed by atoms with Gasteiger partial charge in [0.1, 0.15) is 5.76 Å². The van der Waals surface area contributed by atoms with Gasteiger partial charge in [-0.3, -0.25) is 0 Å². The molecule has 0 saturated carbocycles. The van der Waals surface area contributed by atoms with Crippen molar-refractivity contribution in [2.24, 2.45) is 0 Å². The Labute approximate surface area is 161 Å². The molecule has 26 heavy (non-hydrogen) atoms. The number of rotatable bonds is 6. The fourth-order valence-electron chi connectivity index (χ4n) is 3.12. The molecule has 1 aliphatic rings. The zero-order chi connectivity index (χ0) is 18.1. The molecule has 0 aromatic carbocycles. The van der Waals surface area contributed by atoms with Gasteiger partial charge < -0.3 is 13.7 Å². The van der Waals surface area contributed by atoms with Gasteiger partial charge in [-0.05, 0) is 45.7 Å². The van der Waals surface area contributed by atoms with Crippen molar-refractivity contribution in [2.75, 3.05) is 6.61 Å². The summed E-state index contributed by atoms with van der Waals surface area (Å²) in [5.41, 5.74) is 3.38. The second-order valence-corrected chi connectivity index (χ2v) is 8.45. The Kier molecular flexibility index (Phi) is 5.20. The fraction of sp³-hybridized carbons (Fsp3) is 0.474. The Morgan fingerprint density at radius 1 is 1.27 bits per heavy atom. The highest BCUT2D eigenvalue weighted by Gasteiger charge is 2.20. The van der Waals surface area contributed by atoms with E-state index in [4.69, 9.17) is 19.1 Å². The van der Waals surface area contributed by atoms with E-state index in [2.05, 4.69) is 23.8 Å². The number of hydrogen-bond acceptors (Lipinski definition) is 6. The molecule has 1 unspecified atom stereocenters. The van der Waals surface area contributed by atoms with Crippen LogP contribution in [0.5, 0.6) is 0 Å². The number of imidazole rings is 1. The van der Waals surface area contributed by atoms with Gasteiger partial charge in [0.25, 0.3) is 0 Å². The Bertz CT molecular complexity index is 891. The molecule has 1 fully saturated rings. The van der Waals surface area contributed by atoms with Crippen LogP contribution in [0.2, 0.25) is 0 Å². The van der Waals surface area contributed by atoms with E-state index in [1.165, 1.54) is 5.69 Å². The second-order valence-electron chi connectivity index (χ2n) is 6.65. The van der Waals surface area contributed by atoms with E-state index in [0.29, 0.717) is 6.10 Å². The van der Waals surface area contributed by atoms with Gasteiger partial charge in [-0.15, -0.1) is 11.3 Å². The van der Waals surface area contributed by atoms with Crippen molar-refractivity contribution in [3.8, 4) is 10.8 Å². The standard InChI is InChI=1S/C19H23N3O2S2/c1-12-6-7-17(24-12)18-21-15(10-25-18)11-26-19-20-13(2)14(3)22(19)9-16-5-4-8-23-16/h6-7,10,16H,4-5,8-9,11H2,1-3H3. The third kappa shape index (κ3) is 3.75. The Morgan fingerprint density at radius 2 is 2.15 bits per heavy atom. The van der Waals surface area contributed by atoms with Crippen LogP contribution in [0.4, 0.5) is 0 Å². The van der Waals surface area contributed by atoms with Crippen LogP contribution in [0.25, 0.3) is 10.8 Å². The summed E-state index contributed by atoms with van der Waals surface area (Å²) in [6, 6.07) is 3.95. The highest BCUT2D eigenvalue weighted by atomic mass is 32.2. The third-order valence-corrected chi connectivity index (χ3v) is 6.60. The summed E-state index contributed by atoms with van der Waals surface area (Å²) in [4.78, 5) is 9.48. The molecule has 0 aliphatic carbocycles. The summed E-state index contributed by atoms with van der Waals surface area (Å²) < 4.78 is 13.8. The van der Waals surface area contributed by atoms with Crippen LogP contribution in [0, 0.1) is 20.8 Å². The maximum absolute atomic E-state index is 5.81. The molecule has 0 spiro atoms. The van der Waals surface area contributed by atoms with E-state index >= 15 is 0 Å². The topological polar surface area (TPSA) is 53.1 Å². The first-order valence-corrected chi connectivity index (χ1v) is 10.8. The first kappa shape index (κ1) is 17.8. The lowest BCUT2D eigenvalue weighted by Gasteiger charge is -2.14. The molecule has 0 radical (unpaired) electrons. The number of hydrogen-bond donors (Lipinski definition) is 0. The minimum atomic E-state index is 0.315. The van der Waals surface area contributed by atoms with Gasteiger partial charge in [-0.1, -0.05) is 11.8 Å². The molecule has 4 rings (SSSR count). The number of thiazole rings is 1. The maximum Gasteiger partial charge on any atom is 0.168 e. The Hall–Kier alpha value is -1.57. The van der Waals surface area contributed by atoms with Crippen LogP contribution in [0.15, 0.2) is 27.1 Å². The van der Waals surface area contributed by atoms with Crippen molar-refractivity contribution in [3.63, 3.8) is 0 Å². The molecule has 1 atom stereocenters. The van der Waals surface area contributed by atoms with Crippen molar-refractivity contribution >= 4 is 23.1 Å². The number of ether oxygens (including phenoxy) is 1. The lowest BCUT2D eigenvalue weighted by Crippen LogP contribution is -2.16. The number of furan rings is 1. The predicted octanol–water partition coefficient (Wildman–Crippen LogP) is 5.00. The average Bonchev–Trinajstić information content (AvgIpc) is 3.39. The van der Waals surface area contributed by atoms with E-state index < -0.39 is 0 Å². The Balaban J connectivity index is 1.46. The van der Waals surface area contributed by atoms with Crippen molar-refractivity contribution in [2.45, 2.75) is 57.2 Å². The third-order valence-electron chi connectivity index (χ3n) is 4.68. The predicted molar refractivity (Wildman–Crippen MR) is 105 cm³/mol. The summed E-state index contributed by atoms with van der Waals surface area (Å²) >= 11 is 3.37. The Morgan fingerprint density at radius 3 is 2.88 bits per heavy atom. The van der Waals surface area contributed by atoms with E-state index in [-0.39, 0.29) is 0 Å². The first-order valence-electron chi connectivity index (χ1n) is 8.89. The van der Waals surface area contributed by atoms with Gasteiger partial charge in [0.2, 0.25) is 0 Å². The monoisotopic (exact) mass is 389 g/mol. The van der Waals surface area contributed by atoms with Crippen molar-refractivity contribution in [3.05, 3.63) is 40.4 Å². The molecule has 3 aromatic rings. The zero-order valence-electron chi connectivity index (χ0n) is 15.3. The SMILES string of the molecule is Cc1ccc(-c2nc(CSc3nc(C)c(C)n3CC3CCCO3)cs2)o1. The molecular weight excluding hydrogens is 366 g/mol. The van der Waals surface area contributed by atoms with Crippen LogP contribution in [-0.4, -0.2) is 27.2 Å². The van der Waals surface area contributed by atoms with Crippen LogP contribution in [0.1, 0.15) is 35.7 Å². The molecule has 0 bridgehead atoms. The van der Waals surface area contributed by atoms with E-state index in [1.54, 1.807) is 23.1 Å². The van der Waals surface area contributed by atoms with Gasteiger partial charge in [-0.25, -0.2) is 9.97 Å². The van der Waals surface area contributed by atoms with Gasteiger partial charge in [-0.2, -0.15) is 0 Å². The molecule has 0 amide bonds. The van der Waals surface area contributed by atoms with E-state index in [0.717, 1.165) is 64.8 Å². The van der Waals surface area contributed by atoms with Crippen molar-refractivity contribution < 1.29 is 9.15 Å². The molecule has 5 nitrogen and oxygen atoms in total. The van der Waals surface area contributed by atoms with Crippen LogP contribution in [0.3, 0.4) is 0 Å². The summed E-state index contributed by atoms with van der Waals surface area (Å²) in [7, 11) is 0. The largest absolute Gasteiger partial charge is 0.459 e. The molecule has 0 N–H and O–H groups in total. The molecule has 1 aliphatic heterocycles. The molecule has 3 aromatic heterocycles. The minimum Gasteiger partial charge on any atom is -0.459 e. The van der Waals surface area contributed by atoms with Crippen molar-refractivity contribution in [1.82, 2.24) is 14.5 Å². The highest BCUT2D eigenvalue weighted by molar-refractivity contribution is 7.98. The number of thioether (sulfide) groups is 1. The average molecular weight is 390 g/mol. The van der Waals surface area contributed by atoms with Crippen LogP contribution >= 0.6 is 23.1 Å². The summed E-state index contributed by atoms with van der Waals surface area (Å²) in [6.07, 6.45) is 2.61. The number of aromatic nitrogens is 3. The van der Waals surface area contributed by atoms with E-state index in [9.17, 15) is 0 Å². The lowest BCUT2D eigenvalue weighted by atomic mass is 10.2. The minimum absolute atomic E-state index is 0.315. The first-order chi connectivity index (χ1) is 12.6. The van der Waals surface area contributed by atoms with Gasteiger partial charge >= 0.3 is 0 Å². The normalized spacial score (nSPS) is 17.3. The van der Waals surface area contributed by atoms with Crippen LogP contribution < -0.4 is 0 Å². The fourth-order valence-corrected chi connectivity index (χ4v) is 4.99. The highest BCUT2D eigenvalue weighted by Crippen LogP contribution is 2.30. The van der Waals surface area contributed by atoms with Gasteiger partial charge in [0, 0.05) is 23.4 Å². The van der Waals surface area contributed by atoms with Crippen LogP contribution in [-0.2, 0) is 17.0 Å². The van der Waals surface area contributed by atoms with E-state index in [1.807, 2.05) is 19.1 Å². The molecule has 138 valence electrons. The number of nitrogens with zero attached hydrogens (tertiary/aromatic N) is 3. The summed E-state index contributed by atoms with van der Waals surface area (Å²) in [6.45, 7) is 7.94. The van der Waals surface area contributed by atoms with Crippen molar-refractivity contribution in [1.29, 1.82) is 0 Å². The second kappa shape index (κ2) is 7.58. The molecular formula is C19H23N3O2S2. The molecule has 7 heteroatoms. The molecule has 4 heterocycles. The zero-order valence-corrected chi connectivity index (χ0v) is 17.0. The quantitative estimate of drug-likeness (QED) is 0.556. The van der Waals surface area contributed by atoms with Gasteiger partial charge in [0.15, 0.2) is 15.9 Å². The van der Waals surface area contributed by atoms with Gasteiger partial charge in [0.05, 0.1) is 24.0 Å². The lowest BCUT2D eigenvalue weighted by molar-refractivity contribution is 0.0945. The maximum atomic E-state index is 5.81. The summed E-state index contributed by atoms with van der Waals surface area (Å²) in [5, 5.41) is 4.09. The molecule has 1 saturated heterocycles. The summed E-state index contributed by atoms with van der Waals surface area (Å²) in [5.74, 6) is 2.56. The smallest absolute Gasteiger partial charge is 0.168 e.